The van der Waals surface area contributed by atoms with Gasteiger partial charge in [0.2, 0.25) is 0 Å². The Bertz CT molecular complexity index is 1180. The number of aromatic nitrogens is 3. The van der Waals surface area contributed by atoms with E-state index in [1.165, 1.54) is 0 Å². The summed E-state index contributed by atoms with van der Waals surface area (Å²) in [4.78, 5) is 24.7. The van der Waals surface area contributed by atoms with Gasteiger partial charge in [-0.3, -0.25) is 9.59 Å². The highest BCUT2D eigenvalue weighted by Crippen LogP contribution is 2.31. The summed E-state index contributed by atoms with van der Waals surface area (Å²) >= 11 is 0. The van der Waals surface area contributed by atoms with Gasteiger partial charge in [-0.15, -0.1) is 0 Å². The molecule has 9 heteroatoms. The molecule has 2 aromatic heterocycles. The number of Topliss-reactive ketones (excluding diaryl/α,β-unsaturated/α-hetero) is 1. The van der Waals surface area contributed by atoms with Crippen molar-refractivity contribution in [2.24, 2.45) is 11.1 Å². The monoisotopic (exact) mass is 465 g/mol. The Hall–Kier alpha value is -3.46. The summed E-state index contributed by atoms with van der Waals surface area (Å²) < 4.78 is 12.4. The number of benzene rings is 1. The first-order chi connectivity index (χ1) is 16.1. The molecule has 0 saturated carbocycles. The zero-order valence-corrected chi connectivity index (χ0v) is 19.8. The lowest BCUT2D eigenvalue weighted by Gasteiger charge is -2.14. The zero-order valence-electron chi connectivity index (χ0n) is 19.8. The van der Waals surface area contributed by atoms with Crippen LogP contribution in [0.2, 0.25) is 0 Å². The van der Waals surface area contributed by atoms with Crippen LogP contribution in [0.15, 0.2) is 34.9 Å². The Morgan fingerprint density at radius 2 is 1.91 bits per heavy atom. The van der Waals surface area contributed by atoms with Crippen molar-refractivity contribution >= 4 is 17.5 Å². The van der Waals surface area contributed by atoms with Crippen molar-refractivity contribution < 1.29 is 18.8 Å². The molecule has 1 amide bonds. The van der Waals surface area contributed by atoms with E-state index < -0.39 is 5.91 Å². The molecule has 1 aliphatic heterocycles. The number of ether oxygens (including phenoxy) is 1. The molecule has 9 nitrogen and oxygen atoms in total. The lowest BCUT2D eigenvalue weighted by Crippen LogP contribution is -2.16. The van der Waals surface area contributed by atoms with Gasteiger partial charge in [-0.05, 0) is 23.8 Å². The third kappa shape index (κ3) is 5.36. The Balaban J connectivity index is 1.46. The molecule has 34 heavy (non-hydrogen) atoms. The molecule has 3 aromatic rings. The topological polar surface area (TPSA) is 139 Å². The number of anilines is 1. The Morgan fingerprint density at radius 1 is 1.18 bits per heavy atom. The summed E-state index contributed by atoms with van der Waals surface area (Å²) in [5.74, 6) is 0.215. The summed E-state index contributed by atoms with van der Waals surface area (Å²) in [6.07, 6.45) is 2.00. The van der Waals surface area contributed by atoms with Gasteiger partial charge >= 0.3 is 0 Å². The maximum Gasteiger partial charge on any atom is 0.254 e. The van der Waals surface area contributed by atoms with Crippen LogP contribution in [0.3, 0.4) is 0 Å². The van der Waals surface area contributed by atoms with Crippen LogP contribution in [0.5, 0.6) is 0 Å². The standard InChI is InChI=1S/C25H31N5O4/c1-25(2,3)13-17-11-20(34-29-17)12-19(31)10-15-4-6-16(7-5-15)22-21(24(27)32)23(26)30(28-22)18-8-9-33-14-18/h4-7,11,18H,8-10,12-14,26H2,1-3H3,(H2,27,32). The number of rotatable bonds is 8. The fourth-order valence-electron chi connectivity index (χ4n) is 4.22. The average Bonchev–Trinajstić information content (AvgIpc) is 3.48. The van der Waals surface area contributed by atoms with E-state index >= 15 is 0 Å². The number of nitrogens with zero attached hydrogens (tertiary/aromatic N) is 3. The summed E-state index contributed by atoms with van der Waals surface area (Å²) in [7, 11) is 0. The van der Waals surface area contributed by atoms with Crippen LogP contribution in [0.1, 0.15) is 60.6 Å². The minimum absolute atomic E-state index is 0.0243. The molecule has 180 valence electrons. The normalized spacial score (nSPS) is 16.1. The smallest absolute Gasteiger partial charge is 0.254 e. The molecule has 1 aromatic carbocycles. The molecule has 0 radical (unpaired) electrons. The number of nitrogen functional groups attached to an aromatic ring is 1. The van der Waals surface area contributed by atoms with Gasteiger partial charge in [-0.1, -0.05) is 50.2 Å². The number of amides is 1. The number of hydrogen-bond acceptors (Lipinski definition) is 7. The van der Waals surface area contributed by atoms with Gasteiger partial charge in [0, 0.05) is 24.7 Å². The highest BCUT2D eigenvalue weighted by Gasteiger charge is 2.27. The molecule has 1 saturated heterocycles. The van der Waals surface area contributed by atoms with Gasteiger partial charge < -0.3 is 20.7 Å². The zero-order chi connectivity index (χ0) is 24.5. The largest absolute Gasteiger partial charge is 0.383 e. The van der Waals surface area contributed by atoms with Crippen LogP contribution in [0.25, 0.3) is 11.3 Å². The third-order valence-corrected chi connectivity index (χ3v) is 5.76. The molecule has 1 atom stereocenters. The number of hydrogen-bond donors (Lipinski definition) is 2. The van der Waals surface area contributed by atoms with E-state index in [0.717, 1.165) is 24.1 Å². The molecule has 0 bridgehead atoms. The number of carbonyl (C=O) groups is 2. The summed E-state index contributed by atoms with van der Waals surface area (Å²) in [5, 5.41) is 8.66. The van der Waals surface area contributed by atoms with E-state index in [9.17, 15) is 9.59 Å². The SMILES string of the molecule is CC(C)(C)Cc1cc(CC(=O)Cc2ccc(-c3nn(C4CCOC4)c(N)c3C(N)=O)cc2)on1. The second kappa shape index (κ2) is 9.42. The molecule has 1 unspecified atom stereocenters. The van der Waals surface area contributed by atoms with E-state index in [1.807, 2.05) is 30.3 Å². The number of ketones is 1. The molecule has 0 spiro atoms. The van der Waals surface area contributed by atoms with Crippen LogP contribution >= 0.6 is 0 Å². The predicted octanol–water partition coefficient (Wildman–Crippen LogP) is 3.12. The highest BCUT2D eigenvalue weighted by molar-refractivity contribution is 6.03. The fourth-order valence-corrected chi connectivity index (χ4v) is 4.22. The number of primary amides is 1. The maximum absolute atomic E-state index is 12.6. The molecule has 4 rings (SSSR count). The van der Waals surface area contributed by atoms with E-state index in [1.54, 1.807) is 4.68 Å². The predicted molar refractivity (Wildman–Crippen MR) is 127 cm³/mol. The molecule has 4 N–H and O–H groups in total. The van der Waals surface area contributed by atoms with Crippen LogP contribution in [-0.4, -0.2) is 39.8 Å². The van der Waals surface area contributed by atoms with E-state index in [-0.39, 0.29) is 41.5 Å². The maximum atomic E-state index is 12.6. The molecule has 3 heterocycles. The van der Waals surface area contributed by atoms with Gasteiger partial charge in [0.15, 0.2) is 0 Å². The third-order valence-electron chi connectivity index (χ3n) is 5.76. The van der Waals surface area contributed by atoms with Crippen molar-refractivity contribution in [2.75, 3.05) is 18.9 Å². The number of carbonyl (C=O) groups excluding carboxylic acids is 2. The van der Waals surface area contributed by atoms with Crippen molar-refractivity contribution in [3.8, 4) is 11.3 Å². The molecular formula is C25H31N5O4. The molecular weight excluding hydrogens is 434 g/mol. The lowest BCUT2D eigenvalue weighted by molar-refractivity contribution is -0.118. The Kier molecular flexibility index (Phi) is 6.56. The van der Waals surface area contributed by atoms with Gasteiger partial charge in [0.1, 0.15) is 28.6 Å². The van der Waals surface area contributed by atoms with Crippen molar-refractivity contribution in [3.63, 3.8) is 0 Å². The Labute approximate surface area is 198 Å². The summed E-state index contributed by atoms with van der Waals surface area (Å²) in [6, 6.07) is 9.16. The van der Waals surface area contributed by atoms with Crippen molar-refractivity contribution in [2.45, 2.75) is 52.5 Å². The van der Waals surface area contributed by atoms with Crippen LogP contribution < -0.4 is 11.5 Å². The van der Waals surface area contributed by atoms with Crippen LogP contribution in [-0.2, 0) is 28.8 Å². The Morgan fingerprint density at radius 3 is 2.53 bits per heavy atom. The van der Waals surface area contributed by atoms with Crippen LogP contribution in [0, 0.1) is 5.41 Å². The second-order valence-corrected chi connectivity index (χ2v) is 10.0. The van der Waals surface area contributed by atoms with E-state index in [0.29, 0.717) is 30.2 Å². The van der Waals surface area contributed by atoms with Crippen molar-refractivity contribution in [1.29, 1.82) is 0 Å². The van der Waals surface area contributed by atoms with Gasteiger partial charge in [0.25, 0.3) is 5.91 Å². The van der Waals surface area contributed by atoms with E-state index in [4.69, 9.17) is 20.7 Å². The minimum atomic E-state index is -0.630. The quantitative estimate of drug-likeness (QED) is 0.521. The van der Waals surface area contributed by atoms with Crippen molar-refractivity contribution in [3.05, 3.63) is 52.9 Å². The average molecular weight is 466 g/mol. The second-order valence-electron chi connectivity index (χ2n) is 10.0. The van der Waals surface area contributed by atoms with E-state index in [2.05, 4.69) is 31.0 Å². The van der Waals surface area contributed by atoms with Gasteiger partial charge in [0.05, 0.1) is 24.8 Å². The van der Waals surface area contributed by atoms with Gasteiger partial charge in [-0.2, -0.15) is 5.10 Å². The first-order valence-electron chi connectivity index (χ1n) is 11.4. The summed E-state index contributed by atoms with van der Waals surface area (Å²) in [6.45, 7) is 7.51. The molecule has 1 fully saturated rings. The van der Waals surface area contributed by atoms with Crippen molar-refractivity contribution in [1.82, 2.24) is 14.9 Å². The molecule has 1 aliphatic rings. The highest BCUT2D eigenvalue weighted by atomic mass is 16.5. The minimum Gasteiger partial charge on any atom is -0.383 e. The summed E-state index contributed by atoms with van der Waals surface area (Å²) in [5.41, 5.74) is 15.0. The van der Waals surface area contributed by atoms with Crippen LogP contribution in [0.4, 0.5) is 5.82 Å². The first kappa shape index (κ1) is 23.7. The lowest BCUT2D eigenvalue weighted by atomic mass is 9.90. The first-order valence-corrected chi connectivity index (χ1v) is 11.4. The molecule has 0 aliphatic carbocycles. The van der Waals surface area contributed by atoms with Gasteiger partial charge in [-0.25, -0.2) is 4.68 Å². The fraction of sp³-hybridized carbons (Fsp3) is 0.440. The number of nitrogens with two attached hydrogens (primary N) is 2.